The number of anilines is 1. The Morgan fingerprint density at radius 1 is 1.14 bits per heavy atom. The molecule has 0 radical (unpaired) electrons. The average Bonchev–Trinajstić information content (AvgIpc) is 2.54. The second kappa shape index (κ2) is 5.85. The Balaban J connectivity index is 2.20. The first-order valence-electron chi connectivity index (χ1n) is 6.70. The van der Waals surface area contributed by atoms with Crippen molar-refractivity contribution >= 4 is 16.7 Å². The molecule has 0 amide bonds. The number of para-hydroxylation sites is 1. The number of hydrogen-bond donors (Lipinski definition) is 1. The van der Waals surface area contributed by atoms with Gasteiger partial charge in [0.1, 0.15) is 12.4 Å². The van der Waals surface area contributed by atoms with E-state index in [-0.39, 0.29) is 0 Å². The van der Waals surface area contributed by atoms with E-state index in [1.54, 1.807) is 13.3 Å². The fraction of sp³-hybridized carbons (Fsp3) is 0.188. The van der Waals surface area contributed by atoms with Crippen LogP contribution in [0.5, 0.6) is 0 Å². The van der Waals surface area contributed by atoms with Crippen LogP contribution in [0.15, 0.2) is 42.6 Å². The summed E-state index contributed by atoms with van der Waals surface area (Å²) >= 11 is 0. The zero-order chi connectivity index (χ0) is 14.7. The minimum Gasteiger partial charge on any atom is -0.377 e. The summed E-state index contributed by atoms with van der Waals surface area (Å²) < 4.78 is 5.14. The van der Waals surface area contributed by atoms with Crippen LogP contribution in [0, 0.1) is 0 Å². The van der Waals surface area contributed by atoms with E-state index in [2.05, 4.69) is 20.3 Å². The third-order valence-corrected chi connectivity index (χ3v) is 3.21. The largest absolute Gasteiger partial charge is 0.377 e. The summed E-state index contributed by atoms with van der Waals surface area (Å²) in [5.41, 5.74) is 2.76. The van der Waals surface area contributed by atoms with Gasteiger partial charge in [-0.2, -0.15) is 0 Å². The minimum atomic E-state index is 0.376. The Morgan fingerprint density at radius 2 is 2.00 bits per heavy atom. The Bertz CT molecular complexity index is 768. The van der Waals surface area contributed by atoms with E-state index in [1.807, 2.05) is 43.4 Å². The number of fused-ring (bicyclic) bond motifs is 1. The van der Waals surface area contributed by atoms with Crippen molar-refractivity contribution in [3.05, 3.63) is 48.4 Å². The molecule has 0 spiro atoms. The van der Waals surface area contributed by atoms with Crippen molar-refractivity contribution in [3.8, 4) is 11.3 Å². The summed E-state index contributed by atoms with van der Waals surface area (Å²) in [5, 5.41) is 4.15. The number of benzene rings is 1. The van der Waals surface area contributed by atoms with E-state index < -0.39 is 0 Å². The van der Waals surface area contributed by atoms with Gasteiger partial charge in [-0.25, -0.2) is 9.97 Å². The Hall–Kier alpha value is -2.53. The quantitative estimate of drug-likeness (QED) is 0.796. The Kier molecular flexibility index (Phi) is 3.75. The molecule has 5 nitrogen and oxygen atoms in total. The molecule has 0 fully saturated rings. The van der Waals surface area contributed by atoms with Crippen LogP contribution in [0.4, 0.5) is 5.82 Å². The van der Waals surface area contributed by atoms with Crippen LogP contribution < -0.4 is 5.32 Å². The molecule has 0 aliphatic carbocycles. The van der Waals surface area contributed by atoms with Gasteiger partial charge in [-0.05, 0) is 6.07 Å². The van der Waals surface area contributed by atoms with Crippen molar-refractivity contribution in [1.29, 1.82) is 0 Å². The van der Waals surface area contributed by atoms with E-state index in [9.17, 15) is 0 Å². The number of nitrogens with one attached hydrogen (secondary N) is 1. The zero-order valence-electron chi connectivity index (χ0n) is 12.0. The number of aromatic nitrogens is 3. The number of methoxy groups -OCH3 is 1. The first-order chi connectivity index (χ1) is 10.3. The molecule has 0 bridgehead atoms. The fourth-order valence-electron chi connectivity index (χ4n) is 2.27. The third-order valence-electron chi connectivity index (χ3n) is 3.21. The van der Waals surface area contributed by atoms with Crippen LogP contribution in [-0.4, -0.2) is 29.1 Å². The fourth-order valence-corrected chi connectivity index (χ4v) is 2.27. The average molecular weight is 280 g/mol. The van der Waals surface area contributed by atoms with Crippen molar-refractivity contribution in [1.82, 2.24) is 15.0 Å². The number of rotatable bonds is 4. The number of ether oxygens (including phenoxy) is 1. The lowest BCUT2D eigenvalue weighted by Gasteiger charge is -2.09. The molecule has 0 saturated carbocycles. The summed E-state index contributed by atoms with van der Waals surface area (Å²) in [4.78, 5) is 13.4. The van der Waals surface area contributed by atoms with E-state index in [0.29, 0.717) is 12.4 Å². The smallest absolute Gasteiger partial charge is 0.157 e. The van der Waals surface area contributed by atoms with Crippen molar-refractivity contribution in [2.75, 3.05) is 19.5 Å². The van der Waals surface area contributed by atoms with Crippen LogP contribution in [0.3, 0.4) is 0 Å². The van der Waals surface area contributed by atoms with Gasteiger partial charge in [-0.3, -0.25) is 4.98 Å². The SMILES string of the molecule is CNc1cc(-c2cccc3cccnc23)nc(COC)n1. The Morgan fingerprint density at radius 3 is 2.81 bits per heavy atom. The molecule has 0 aliphatic heterocycles. The minimum absolute atomic E-state index is 0.376. The maximum absolute atomic E-state index is 5.14. The van der Waals surface area contributed by atoms with Crippen LogP contribution in [0.25, 0.3) is 22.2 Å². The summed E-state index contributed by atoms with van der Waals surface area (Å²) in [6.45, 7) is 0.376. The maximum Gasteiger partial charge on any atom is 0.157 e. The van der Waals surface area contributed by atoms with Crippen LogP contribution >= 0.6 is 0 Å². The normalized spacial score (nSPS) is 10.8. The molecule has 1 N–H and O–H groups in total. The van der Waals surface area contributed by atoms with Crippen molar-refractivity contribution in [2.24, 2.45) is 0 Å². The van der Waals surface area contributed by atoms with Gasteiger partial charge in [0.15, 0.2) is 5.82 Å². The lowest BCUT2D eigenvalue weighted by molar-refractivity contribution is 0.178. The Labute approximate surface area is 123 Å². The molecule has 3 rings (SSSR count). The van der Waals surface area contributed by atoms with Gasteiger partial charge in [0.2, 0.25) is 0 Å². The van der Waals surface area contributed by atoms with Crippen LogP contribution in [0.2, 0.25) is 0 Å². The van der Waals surface area contributed by atoms with Gasteiger partial charge in [0, 0.05) is 37.4 Å². The van der Waals surface area contributed by atoms with Crippen LogP contribution in [-0.2, 0) is 11.3 Å². The van der Waals surface area contributed by atoms with Crippen molar-refractivity contribution in [3.63, 3.8) is 0 Å². The molecule has 2 heterocycles. The van der Waals surface area contributed by atoms with E-state index in [1.165, 1.54) is 0 Å². The van der Waals surface area contributed by atoms with Gasteiger partial charge in [-0.15, -0.1) is 0 Å². The van der Waals surface area contributed by atoms with E-state index in [4.69, 9.17) is 4.74 Å². The molecular weight excluding hydrogens is 264 g/mol. The molecule has 0 atom stereocenters. The molecule has 0 unspecified atom stereocenters. The highest BCUT2D eigenvalue weighted by Crippen LogP contribution is 2.26. The molecule has 1 aromatic carbocycles. The summed E-state index contributed by atoms with van der Waals surface area (Å²) in [6, 6.07) is 12.0. The number of nitrogens with zero attached hydrogens (tertiary/aromatic N) is 3. The molecular formula is C16H16N4O. The van der Waals surface area contributed by atoms with Gasteiger partial charge < -0.3 is 10.1 Å². The first-order valence-corrected chi connectivity index (χ1v) is 6.70. The standard InChI is InChI=1S/C16H16N4O/c1-17-14-9-13(19-15(20-14)10-21-2)12-7-3-5-11-6-4-8-18-16(11)12/h3-9H,10H2,1-2H3,(H,17,19,20). The summed E-state index contributed by atoms with van der Waals surface area (Å²) in [7, 11) is 3.47. The van der Waals surface area contributed by atoms with Crippen molar-refractivity contribution in [2.45, 2.75) is 6.61 Å². The van der Waals surface area contributed by atoms with Gasteiger partial charge in [-0.1, -0.05) is 24.3 Å². The third kappa shape index (κ3) is 2.68. The topological polar surface area (TPSA) is 59.9 Å². The molecule has 0 aliphatic rings. The first kappa shape index (κ1) is 13.5. The summed E-state index contributed by atoms with van der Waals surface area (Å²) in [6.07, 6.45) is 1.79. The van der Waals surface area contributed by atoms with Gasteiger partial charge in [0.05, 0.1) is 11.2 Å². The monoisotopic (exact) mass is 280 g/mol. The number of pyridine rings is 1. The maximum atomic E-state index is 5.14. The second-order valence-corrected chi connectivity index (χ2v) is 4.62. The van der Waals surface area contributed by atoms with Gasteiger partial charge in [0.25, 0.3) is 0 Å². The molecule has 3 aromatic rings. The second-order valence-electron chi connectivity index (χ2n) is 4.62. The molecule has 0 saturated heterocycles. The molecule has 21 heavy (non-hydrogen) atoms. The van der Waals surface area contributed by atoms with E-state index in [0.717, 1.165) is 28.0 Å². The lowest BCUT2D eigenvalue weighted by atomic mass is 10.1. The predicted octanol–water partition coefficient (Wildman–Crippen LogP) is 2.88. The molecule has 106 valence electrons. The van der Waals surface area contributed by atoms with E-state index >= 15 is 0 Å². The van der Waals surface area contributed by atoms with Gasteiger partial charge >= 0.3 is 0 Å². The lowest BCUT2D eigenvalue weighted by Crippen LogP contribution is -2.03. The summed E-state index contributed by atoms with van der Waals surface area (Å²) in [5.74, 6) is 1.41. The highest BCUT2D eigenvalue weighted by Gasteiger charge is 2.09. The highest BCUT2D eigenvalue weighted by molar-refractivity contribution is 5.92. The molecule has 5 heteroatoms. The predicted molar refractivity (Wildman–Crippen MR) is 83.0 cm³/mol. The van der Waals surface area contributed by atoms with Crippen LogP contribution in [0.1, 0.15) is 5.82 Å². The molecule has 2 aromatic heterocycles. The van der Waals surface area contributed by atoms with Crippen molar-refractivity contribution < 1.29 is 4.74 Å². The number of hydrogen-bond acceptors (Lipinski definition) is 5. The highest BCUT2D eigenvalue weighted by atomic mass is 16.5. The zero-order valence-corrected chi connectivity index (χ0v) is 12.0.